The summed E-state index contributed by atoms with van der Waals surface area (Å²) in [5, 5.41) is 23.3. The standard InChI is InChI=1S/C68H127NO5/c1-3-5-7-9-11-13-15-17-36-40-44-48-52-56-60-66(71)65(64-70)69-67(72)61-57-53-49-45-41-37-34-32-30-28-26-24-22-20-19-21-23-25-27-29-31-33-35-39-43-47-51-55-59-63-74-68(73)62-58-54-50-46-42-38-18-16-14-12-10-8-6-4-2/h10,12,16,18-19,21,25,27,65-66,70-71H,3-9,11,13-15,17,20,22-24,26,28-64H2,1-2H3,(H,69,72)/b12-10-,18-16-,21-19-,27-25-. The van der Waals surface area contributed by atoms with E-state index in [1.807, 2.05) is 0 Å². The number of hydrogen-bond acceptors (Lipinski definition) is 5. The van der Waals surface area contributed by atoms with Crippen molar-refractivity contribution in [3.05, 3.63) is 48.6 Å². The molecule has 2 atom stereocenters. The van der Waals surface area contributed by atoms with Crippen molar-refractivity contribution in [3.8, 4) is 0 Å². The van der Waals surface area contributed by atoms with Gasteiger partial charge in [0.2, 0.25) is 5.91 Å². The van der Waals surface area contributed by atoms with Crippen LogP contribution in [0.3, 0.4) is 0 Å². The predicted octanol–water partition coefficient (Wildman–Crippen LogP) is 20.9. The normalized spacial score (nSPS) is 12.9. The monoisotopic (exact) mass is 1040 g/mol. The van der Waals surface area contributed by atoms with Crippen molar-refractivity contribution in [2.45, 2.75) is 360 Å². The number of hydrogen-bond donors (Lipinski definition) is 3. The first-order valence-corrected chi connectivity index (χ1v) is 32.9. The second-order valence-electron chi connectivity index (χ2n) is 22.4. The maximum absolute atomic E-state index is 12.5. The lowest BCUT2D eigenvalue weighted by Crippen LogP contribution is -2.45. The summed E-state index contributed by atoms with van der Waals surface area (Å²) >= 11 is 0. The molecule has 2 unspecified atom stereocenters. The van der Waals surface area contributed by atoms with Crippen molar-refractivity contribution >= 4 is 11.9 Å². The van der Waals surface area contributed by atoms with Gasteiger partial charge in [0.25, 0.3) is 0 Å². The largest absolute Gasteiger partial charge is 0.466 e. The summed E-state index contributed by atoms with van der Waals surface area (Å²) in [4.78, 5) is 24.5. The summed E-state index contributed by atoms with van der Waals surface area (Å²) in [7, 11) is 0. The van der Waals surface area contributed by atoms with E-state index >= 15 is 0 Å². The predicted molar refractivity (Wildman–Crippen MR) is 324 cm³/mol. The Morgan fingerprint density at radius 3 is 1.07 bits per heavy atom. The van der Waals surface area contributed by atoms with Crippen molar-refractivity contribution in [3.63, 3.8) is 0 Å². The number of amides is 1. The molecule has 0 heterocycles. The van der Waals surface area contributed by atoms with E-state index in [2.05, 4.69) is 67.8 Å². The molecule has 0 rings (SSSR count). The molecule has 0 saturated heterocycles. The van der Waals surface area contributed by atoms with E-state index in [9.17, 15) is 19.8 Å². The smallest absolute Gasteiger partial charge is 0.305 e. The van der Waals surface area contributed by atoms with E-state index in [1.54, 1.807) is 0 Å². The van der Waals surface area contributed by atoms with Gasteiger partial charge in [0.05, 0.1) is 25.4 Å². The molecule has 74 heavy (non-hydrogen) atoms. The van der Waals surface area contributed by atoms with Crippen molar-refractivity contribution < 1.29 is 24.5 Å². The summed E-state index contributed by atoms with van der Waals surface area (Å²) in [6.07, 6.45) is 81.4. The Morgan fingerprint density at radius 2 is 0.689 bits per heavy atom. The number of carbonyl (C=O) groups is 2. The van der Waals surface area contributed by atoms with E-state index < -0.39 is 12.1 Å². The molecule has 0 fully saturated rings. The van der Waals surface area contributed by atoms with Gasteiger partial charge in [0.15, 0.2) is 0 Å². The third kappa shape index (κ3) is 59.1. The van der Waals surface area contributed by atoms with Crippen molar-refractivity contribution in [2.75, 3.05) is 13.2 Å². The molecular weight excluding hydrogens is 911 g/mol. The number of aliphatic hydroxyl groups is 2. The lowest BCUT2D eigenvalue weighted by atomic mass is 10.0. The summed E-state index contributed by atoms with van der Waals surface area (Å²) in [5.41, 5.74) is 0. The van der Waals surface area contributed by atoms with Gasteiger partial charge in [0.1, 0.15) is 0 Å². The first-order valence-electron chi connectivity index (χ1n) is 32.9. The van der Waals surface area contributed by atoms with Crippen LogP contribution in [-0.2, 0) is 14.3 Å². The van der Waals surface area contributed by atoms with E-state index in [4.69, 9.17) is 4.74 Å². The second-order valence-corrected chi connectivity index (χ2v) is 22.4. The van der Waals surface area contributed by atoms with E-state index in [0.29, 0.717) is 25.9 Å². The highest BCUT2D eigenvalue weighted by atomic mass is 16.5. The second kappa shape index (κ2) is 63.4. The number of aliphatic hydroxyl groups excluding tert-OH is 2. The minimum Gasteiger partial charge on any atom is -0.466 e. The van der Waals surface area contributed by atoms with Crippen molar-refractivity contribution in [1.29, 1.82) is 0 Å². The zero-order chi connectivity index (χ0) is 53.6. The quantitative estimate of drug-likeness (QED) is 0.0320. The van der Waals surface area contributed by atoms with Gasteiger partial charge in [-0.1, -0.05) is 300 Å². The van der Waals surface area contributed by atoms with Crippen LogP contribution in [0.1, 0.15) is 348 Å². The number of nitrogens with one attached hydrogen (secondary N) is 1. The van der Waals surface area contributed by atoms with E-state index in [1.165, 1.54) is 257 Å². The maximum Gasteiger partial charge on any atom is 0.305 e. The molecule has 0 aliphatic heterocycles. The lowest BCUT2D eigenvalue weighted by molar-refractivity contribution is -0.143. The maximum atomic E-state index is 12.5. The van der Waals surface area contributed by atoms with Crippen LogP contribution in [0.2, 0.25) is 0 Å². The van der Waals surface area contributed by atoms with Gasteiger partial charge < -0.3 is 20.3 Å². The van der Waals surface area contributed by atoms with Gasteiger partial charge in [-0.2, -0.15) is 0 Å². The molecule has 0 aromatic heterocycles. The molecule has 0 aromatic carbocycles. The zero-order valence-corrected chi connectivity index (χ0v) is 49.6. The third-order valence-corrected chi connectivity index (χ3v) is 15.1. The minimum atomic E-state index is -0.665. The Morgan fingerprint density at radius 1 is 0.378 bits per heavy atom. The topological polar surface area (TPSA) is 95.9 Å². The van der Waals surface area contributed by atoms with Crippen molar-refractivity contribution in [1.82, 2.24) is 5.32 Å². The van der Waals surface area contributed by atoms with Crippen LogP contribution in [0.25, 0.3) is 0 Å². The first kappa shape index (κ1) is 71.8. The van der Waals surface area contributed by atoms with E-state index in [-0.39, 0.29) is 18.5 Å². The van der Waals surface area contributed by atoms with Crippen LogP contribution in [0, 0.1) is 0 Å². The van der Waals surface area contributed by atoms with Gasteiger partial charge >= 0.3 is 5.97 Å². The molecule has 6 heteroatoms. The fraction of sp³-hybridized carbons (Fsp3) is 0.853. The van der Waals surface area contributed by atoms with Gasteiger partial charge in [-0.05, 0) is 83.5 Å². The summed E-state index contributed by atoms with van der Waals surface area (Å²) in [5.74, 6) is -0.0377. The number of allylic oxidation sites excluding steroid dienone is 8. The Bertz CT molecular complexity index is 1240. The van der Waals surface area contributed by atoms with E-state index in [0.717, 1.165) is 57.8 Å². The Labute approximate surface area is 461 Å². The zero-order valence-electron chi connectivity index (χ0n) is 49.6. The summed E-state index contributed by atoms with van der Waals surface area (Å²) in [6, 6.07) is -0.542. The van der Waals surface area contributed by atoms with Crippen LogP contribution in [0.15, 0.2) is 48.6 Å². The number of esters is 1. The Balaban J connectivity index is 3.41. The Kier molecular flexibility index (Phi) is 61.5. The third-order valence-electron chi connectivity index (χ3n) is 15.1. The lowest BCUT2D eigenvalue weighted by Gasteiger charge is -2.22. The molecule has 0 spiro atoms. The van der Waals surface area contributed by atoms with Crippen molar-refractivity contribution in [2.24, 2.45) is 0 Å². The molecule has 0 aromatic rings. The molecule has 1 amide bonds. The molecule has 0 saturated carbocycles. The SMILES string of the molecule is CCCC/C=C\C/C=C\CCCCCCCC(=O)OCCCCCCCCCCC/C=C\C/C=C\CCCCCCCCCCCCCCCC(=O)NC(CO)C(O)CCCCCCCCCCCCCCCC. The van der Waals surface area contributed by atoms with Gasteiger partial charge in [-0.15, -0.1) is 0 Å². The number of carbonyl (C=O) groups excluding carboxylic acids is 2. The highest BCUT2D eigenvalue weighted by Gasteiger charge is 2.20. The van der Waals surface area contributed by atoms with Crippen LogP contribution in [0.4, 0.5) is 0 Å². The average molecular weight is 1040 g/mol. The first-order chi connectivity index (χ1) is 36.5. The molecule has 6 nitrogen and oxygen atoms in total. The fourth-order valence-electron chi connectivity index (χ4n) is 10.0. The highest BCUT2D eigenvalue weighted by molar-refractivity contribution is 5.76. The molecule has 0 aliphatic rings. The molecule has 434 valence electrons. The summed E-state index contributed by atoms with van der Waals surface area (Å²) < 4.78 is 5.47. The molecular formula is C68H127NO5. The molecule has 3 N–H and O–H groups in total. The van der Waals surface area contributed by atoms with Gasteiger partial charge in [-0.25, -0.2) is 0 Å². The molecule has 0 bridgehead atoms. The minimum absolute atomic E-state index is 0.00283. The molecule has 0 aliphatic carbocycles. The van der Waals surface area contributed by atoms with Gasteiger partial charge in [-0.3, -0.25) is 9.59 Å². The Hall–Kier alpha value is -2.18. The van der Waals surface area contributed by atoms with Crippen LogP contribution in [-0.4, -0.2) is 47.4 Å². The molecule has 0 radical (unpaired) electrons. The van der Waals surface area contributed by atoms with Crippen LogP contribution >= 0.6 is 0 Å². The van der Waals surface area contributed by atoms with Gasteiger partial charge in [0, 0.05) is 12.8 Å². The number of ether oxygens (including phenoxy) is 1. The number of rotatable bonds is 61. The van der Waals surface area contributed by atoms with Crippen LogP contribution in [0.5, 0.6) is 0 Å². The summed E-state index contributed by atoms with van der Waals surface area (Å²) in [6.45, 7) is 4.92. The van der Waals surface area contributed by atoms with Crippen LogP contribution < -0.4 is 5.32 Å². The average Bonchev–Trinajstić information content (AvgIpc) is 3.40. The number of unbranched alkanes of at least 4 members (excludes halogenated alkanes) is 42. The highest BCUT2D eigenvalue weighted by Crippen LogP contribution is 2.17. The fourth-order valence-corrected chi connectivity index (χ4v) is 10.0.